The number of hydrazine groups is 1. The lowest BCUT2D eigenvalue weighted by Gasteiger charge is -2.08. The second-order valence-corrected chi connectivity index (χ2v) is 9.62. The van der Waals surface area contributed by atoms with Gasteiger partial charge in [0.1, 0.15) is 5.82 Å². The van der Waals surface area contributed by atoms with Crippen LogP contribution in [0.1, 0.15) is 39.1 Å². The first-order valence-electron chi connectivity index (χ1n) is 10.4. The number of aromatic nitrogens is 1. The molecule has 6 nitrogen and oxygen atoms in total. The van der Waals surface area contributed by atoms with Crippen molar-refractivity contribution in [2.45, 2.75) is 22.9 Å². The van der Waals surface area contributed by atoms with Crippen molar-refractivity contribution >= 4 is 50.9 Å². The molecule has 3 aromatic carbocycles. The Balaban J connectivity index is 1.21. The van der Waals surface area contributed by atoms with Gasteiger partial charge in [-0.15, -0.1) is 11.3 Å². The predicted octanol–water partition coefficient (Wildman–Crippen LogP) is 5.15. The van der Waals surface area contributed by atoms with Crippen molar-refractivity contribution in [2.75, 3.05) is 0 Å². The molecule has 0 aliphatic rings. The molecular weight excluding hydrogens is 473 g/mol. The first kappa shape index (κ1) is 23.6. The number of para-hydroxylation sites is 1. The van der Waals surface area contributed by atoms with Gasteiger partial charge in [0.2, 0.25) is 5.91 Å². The van der Waals surface area contributed by atoms with E-state index in [1.807, 2.05) is 36.4 Å². The Hall–Kier alpha value is -3.56. The Morgan fingerprint density at radius 1 is 0.853 bits per heavy atom. The molecule has 0 atom stereocenters. The van der Waals surface area contributed by atoms with Gasteiger partial charge in [-0.1, -0.05) is 36.0 Å². The van der Waals surface area contributed by atoms with Crippen LogP contribution in [0.3, 0.4) is 0 Å². The number of fused-ring (bicyclic) bond motifs is 1. The van der Waals surface area contributed by atoms with Crippen molar-refractivity contribution < 1.29 is 18.8 Å². The summed E-state index contributed by atoms with van der Waals surface area (Å²) in [6.45, 7) is 0. The number of rotatable bonds is 8. The van der Waals surface area contributed by atoms with Crippen molar-refractivity contribution in [1.82, 2.24) is 15.8 Å². The number of hydrogen-bond acceptors (Lipinski definition) is 6. The normalized spacial score (nSPS) is 10.7. The number of thiazole rings is 1. The van der Waals surface area contributed by atoms with E-state index < -0.39 is 17.6 Å². The molecule has 0 spiro atoms. The minimum absolute atomic E-state index is 0.0473. The lowest BCUT2D eigenvalue weighted by atomic mass is 10.1. The number of halogens is 1. The average molecular weight is 494 g/mol. The number of nitrogens with zero attached hydrogens (tertiary/aromatic N) is 1. The number of benzene rings is 3. The second-order valence-electron chi connectivity index (χ2n) is 7.37. The van der Waals surface area contributed by atoms with E-state index in [9.17, 15) is 18.8 Å². The van der Waals surface area contributed by atoms with E-state index in [-0.39, 0.29) is 18.6 Å². The standard InChI is InChI=1S/C25H20FN3O3S2/c26-19-11-9-17(10-12-19)21(30)13-14-23(31)28-29-24(32)18-7-5-16(6-8-18)15-33-25-27-20-3-1-2-4-22(20)34-25/h1-12H,13-15H2,(H,28,31)(H,29,32). The fourth-order valence-electron chi connectivity index (χ4n) is 3.08. The first-order valence-corrected chi connectivity index (χ1v) is 12.2. The molecule has 4 aromatic rings. The number of amides is 2. The summed E-state index contributed by atoms with van der Waals surface area (Å²) in [5.41, 5.74) is 7.43. The molecule has 2 amide bonds. The highest BCUT2D eigenvalue weighted by Gasteiger charge is 2.12. The van der Waals surface area contributed by atoms with Crippen LogP contribution >= 0.6 is 23.1 Å². The minimum atomic E-state index is -0.493. The third kappa shape index (κ3) is 6.27. The summed E-state index contributed by atoms with van der Waals surface area (Å²) < 4.78 is 15.1. The summed E-state index contributed by atoms with van der Waals surface area (Å²) in [6, 6.07) is 20.2. The number of nitrogens with one attached hydrogen (secondary N) is 2. The molecular formula is C25H20FN3O3S2. The van der Waals surface area contributed by atoms with Gasteiger partial charge in [-0.05, 0) is 54.1 Å². The van der Waals surface area contributed by atoms with E-state index in [2.05, 4.69) is 15.8 Å². The molecule has 4 rings (SSSR count). The summed E-state index contributed by atoms with van der Waals surface area (Å²) in [5, 5.41) is 0. The van der Waals surface area contributed by atoms with Crippen molar-refractivity contribution in [2.24, 2.45) is 0 Å². The summed E-state index contributed by atoms with van der Waals surface area (Å²) in [4.78, 5) is 40.9. The van der Waals surface area contributed by atoms with E-state index >= 15 is 0 Å². The molecule has 0 saturated heterocycles. The molecule has 0 unspecified atom stereocenters. The lowest BCUT2D eigenvalue weighted by molar-refractivity contribution is -0.121. The van der Waals surface area contributed by atoms with Gasteiger partial charge in [-0.3, -0.25) is 25.2 Å². The van der Waals surface area contributed by atoms with Crippen molar-refractivity contribution in [3.63, 3.8) is 0 Å². The second kappa shape index (κ2) is 11.0. The Morgan fingerprint density at radius 2 is 1.56 bits per heavy atom. The zero-order valence-corrected chi connectivity index (χ0v) is 19.5. The molecule has 0 aliphatic heterocycles. The fourth-order valence-corrected chi connectivity index (χ4v) is 5.10. The Morgan fingerprint density at radius 3 is 2.29 bits per heavy atom. The highest BCUT2D eigenvalue weighted by molar-refractivity contribution is 8.00. The summed E-state index contributed by atoms with van der Waals surface area (Å²) in [7, 11) is 0. The lowest BCUT2D eigenvalue weighted by Crippen LogP contribution is -2.41. The van der Waals surface area contributed by atoms with Crippen LogP contribution in [0, 0.1) is 5.82 Å². The van der Waals surface area contributed by atoms with Crippen LogP contribution in [0.15, 0.2) is 77.1 Å². The van der Waals surface area contributed by atoms with Crippen LogP contribution in [0.5, 0.6) is 0 Å². The molecule has 2 N–H and O–H groups in total. The Bertz CT molecular complexity index is 1290. The van der Waals surface area contributed by atoms with Gasteiger partial charge in [0.15, 0.2) is 10.1 Å². The summed E-state index contributed by atoms with van der Waals surface area (Å²) in [6.07, 6.45) is -0.146. The minimum Gasteiger partial charge on any atom is -0.294 e. The third-order valence-corrected chi connectivity index (χ3v) is 7.16. The van der Waals surface area contributed by atoms with E-state index in [0.717, 1.165) is 25.9 Å². The molecule has 1 aromatic heterocycles. The summed E-state index contributed by atoms with van der Waals surface area (Å²) in [5.74, 6) is -0.936. The van der Waals surface area contributed by atoms with Crippen molar-refractivity contribution in [1.29, 1.82) is 0 Å². The van der Waals surface area contributed by atoms with Gasteiger partial charge in [0.25, 0.3) is 5.91 Å². The van der Waals surface area contributed by atoms with Crippen LogP contribution < -0.4 is 10.9 Å². The average Bonchev–Trinajstić information content (AvgIpc) is 3.28. The zero-order valence-electron chi connectivity index (χ0n) is 17.9. The molecule has 0 bridgehead atoms. The topological polar surface area (TPSA) is 88.2 Å². The van der Waals surface area contributed by atoms with Crippen molar-refractivity contribution in [3.8, 4) is 0 Å². The number of carbonyl (C=O) groups is 3. The van der Waals surface area contributed by atoms with E-state index in [1.165, 1.54) is 24.3 Å². The number of carbonyl (C=O) groups excluding carboxylic acids is 3. The number of ketones is 1. The number of hydrogen-bond donors (Lipinski definition) is 2. The number of Topliss-reactive ketones (excluding diaryl/α,β-unsaturated/α-hetero) is 1. The largest absolute Gasteiger partial charge is 0.294 e. The van der Waals surface area contributed by atoms with Gasteiger partial charge < -0.3 is 0 Å². The highest BCUT2D eigenvalue weighted by atomic mass is 32.2. The zero-order chi connectivity index (χ0) is 23.9. The summed E-state index contributed by atoms with van der Waals surface area (Å²) >= 11 is 3.29. The highest BCUT2D eigenvalue weighted by Crippen LogP contribution is 2.31. The molecule has 9 heteroatoms. The molecule has 0 fully saturated rings. The Kier molecular flexibility index (Phi) is 7.66. The van der Waals surface area contributed by atoms with Gasteiger partial charge in [-0.25, -0.2) is 9.37 Å². The molecule has 34 heavy (non-hydrogen) atoms. The van der Waals surface area contributed by atoms with Crippen molar-refractivity contribution in [3.05, 3.63) is 95.3 Å². The van der Waals surface area contributed by atoms with Crippen LogP contribution in [-0.4, -0.2) is 22.6 Å². The van der Waals surface area contributed by atoms with Gasteiger partial charge in [-0.2, -0.15) is 0 Å². The first-order chi connectivity index (χ1) is 16.5. The van der Waals surface area contributed by atoms with Crippen LogP contribution in [0.4, 0.5) is 4.39 Å². The van der Waals surface area contributed by atoms with Gasteiger partial charge in [0, 0.05) is 29.7 Å². The Labute approximate surface area is 203 Å². The maximum absolute atomic E-state index is 12.9. The maximum atomic E-state index is 12.9. The molecule has 0 radical (unpaired) electrons. The molecule has 0 aliphatic carbocycles. The monoisotopic (exact) mass is 493 g/mol. The van der Waals surface area contributed by atoms with Crippen LogP contribution in [-0.2, 0) is 10.5 Å². The van der Waals surface area contributed by atoms with Crippen LogP contribution in [0.25, 0.3) is 10.2 Å². The van der Waals surface area contributed by atoms with E-state index in [1.54, 1.807) is 35.2 Å². The predicted molar refractivity (Wildman–Crippen MR) is 131 cm³/mol. The van der Waals surface area contributed by atoms with Crippen LogP contribution in [0.2, 0.25) is 0 Å². The molecule has 1 heterocycles. The van der Waals surface area contributed by atoms with Gasteiger partial charge >= 0.3 is 0 Å². The van der Waals surface area contributed by atoms with E-state index in [0.29, 0.717) is 11.1 Å². The molecule has 172 valence electrons. The molecule has 0 saturated carbocycles. The quantitative estimate of drug-likeness (QED) is 0.201. The SMILES string of the molecule is O=C(CCC(=O)c1ccc(F)cc1)NNC(=O)c1ccc(CSc2nc3ccccc3s2)cc1. The number of thioether (sulfide) groups is 1. The third-order valence-electron chi connectivity index (χ3n) is 4.91. The smallest absolute Gasteiger partial charge is 0.269 e. The van der Waals surface area contributed by atoms with Gasteiger partial charge in [0.05, 0.1) is 10.2 Å². The van der Waals surface area contributed by atoms with E-state index in [4.69, 9.17) is 0 Å². The maximum Gasteiger partial charge on any atom is 0.269 e. The fraction of sp³-hybridized carbons (Fsp3) is 0.120.